The molecule has 0 fully saturated rings. The number of hydrogen-bond acceptors (Lipinski definition) is 3. The van der Waals surface area contributed by atoms with Gasteiger partial charge in [-0.05, 0) is 30.5 Å². The van der Waals surface area contributed by atoms with Crippen LogP contribution in [0.15, 0.2) is 91.0 Å². The Morgan fingerprint density at radius 3 is 1.39 bits per heavy atom. The van der Waals surface area contributed by atoms with Gasteiger partial charge in [0.1, 0.15) is 12.0 Å². The van der Waals surface area contributed by atoms with Crippen molar-refractivity contribution >= 4 is 17.7 Å². The molecule has 3 nitrogen and oxygen atoms in total. The fourth-order valence-corrected chi connectivity index (χ4v) is 5.23. The zero-order valence-electron chi connectivity index (χ0n) is 16.2. The molecule has 0 aromatic heterocycles. The van der Waals surface area contributed by atoms with Crippen LogP contribution in [0.5, 0.6) is 0 Å². The number of carboxylic acids is 1. The molecular weight excluding hydrogens is 366 g/mol. The van der Waals surface area contributed by atoms with Crippen molar-refractivity contribution in [2.24, 2.45) is 0 Å². The number of carbonyl (C=O) groups excluding carboxylic acids is 1. The van der Waals surface area contributed by atoms with Gasteiger partial charge in [0.25, 0.3) is 0 Å². The summed E-state index contributed by atoms with van der Waals surface area (Å²) >= 11 is 1.61. The van der Waals surface area contributed by atoms with Crippen LogP contribution in [-0.4, -0.2) is 16.8 Å². The van der Waals surface area contributed by atoms with Crippen molar-refractivity contribution in [2.75, 3.05) is 0 Å². The Hall–Kier alpha value is -2.56. The highest BCUT2D eigenvalue weighted by Gasteiger charge is 2.45. The Kier molecular flexibility index (Phi) is 5.92. The minimum atomic E-state index is -1.14. The molecule has 0 radical (unpaired) electrons. The van der Waals surface area contributed by atoms with Crippen LogP contribution < -0.4 is 10.8 Å². The van der Waals surface area contributed by atoms with Crippen LogP contribution >= 0.6 is 11.8 Å². The van der Waals surface area contributed by atoms with Crippen molar-refractivity contribution in [2.45, 2.75) is 29.4 Å². The van der Waals surface area contributed by atoms with E-state index in [0.29, 0.717) is 0 Å². The Morgan fingerprint density at radius 1 is 0.786 bits per heavy atom. The van der Waals surface area contributed by atoms with E-state index in [4.69, 9.17) is 0 Å². The van der Waals surface area contributed by atoms with Crippen molar-refractivity contribution in [3.8, 4) is 0 Å². The molecule has 0 saturated heterocycles. The van der Waals surface area contributed by atoms with E-state index in [9.17, 15) is 9.90 Å². The predicted octanol–water partition coefficient (Wildman–Crippen LogP) is 2.85. The molecule has 4 heteroatoms. The fraction of sp³-hybridized carbons (Fsp3) is 0.208. The van der Waals surface area contributed by atoms with Crippen molar-refractivity contribution in [3.05, 3.63) is 108 Å². The predicted molar refractivity (Wildman–Crippen MR) is 113 cm³/mol. The molecule has 0 saturated carbocycles. The molecule has 3 aromatic carbocycles. The average Bonchev–Trinajstić information content (AvgIpc) is 2.73. The normalized spacial score (nSPS) is 13.1. The molecule has 0 heterocycles. The first-order valence-electron chi connectivity index (χ1n) is 9.28. The van der Waals surface area contributed by atoms with Crippen molar-refractivity contribution < 1.29 is 15.6 Å². The fourth-order valence-electron chi connectivity index (χ4n) is 3.44. The number of carbonyl (C=O) groups is 1. The minimum absolute atomic E-state index is 0.585. The Bertz CT molecular complexity index is 814. The third kappa shape index (κ3) is 3.84. The van der Waals surface area contributed by atoms with Gasteiger partial charge in [-0.1, -0.05) is 91.0 Å². The van der Waals surface area contributed by atoms with E-state index in [2.05, 4.69) is 42.1 Å². The van der Waals surface area contributed by atoms with Crippen LogP contribution in [0.3, 0.4) is 0 Å². The maximum Gasteiger partial charge on any atom is 0.139 e. The highest BCUT2D eigenvalue weighted by Crippen LogP contribution is 2.53. The molecule has 0 aliphatic carbocycles. The summed E-state index contributed by atoms with van der Waals surface area (Å²) in [5.41, 5.74) is 7.17. The number of aliphatic carboxylic acids is 1. The number of carboxylic acid groups (broad SMARTS) is 1. The van der Waals surface area contributed by atoms with Gasteiger partial charge in [-0.15, -0.1) is 11.8 Å². The topological polar surface area (TPSA) is 67.8 Å². The summed E-state index contributed by atoms with van der Waals surface area (Å²) < 4.78 is -1.26. The Labute approximate surface area is 170 Å². The number of benzene rings is 3. The van der Waals surface area contributed by atoms with Crippen LogP contribution in [0.1, 0.15) is 30.5 Å². The quantitative estimate of drug-likeness (QED) is 0.630. The molecule has 3 rings (SSSR count). The molecule has 0 aliphatic rings. The molecular formula is C24H25NO2S. The Morgan fingerprint density at radius 2 is 1.11 bits per heavy atom. The molecule has 3 aromatic rings. The smallest absolute Gasteiger partial charge is 0.139 e. The van der Waals surface area contributed by atoms with E-state index in [1.54, 1.807) is 11.8 Å². The second kappa shape index (κ2) is 8.21. The van der Waals surface area contributed by atoms with Crippen LogP contribution in [0, 0.1) is 0 Å². The van der Waals surface area contributed by atoms with E-state index < -0.39 is 21.5 Å². The first-order valence-corrected chi connectivity index (χ1v) is 10.1. The molecule has 0 aliphatic heterocycles. The SMILES string of the molecule is CC(C)(SC(c1ccccc1)(c1ccccc1)c1ccccc1)[C@H]([NH3+])C(=O)[O-]. The molecule has 144 valence electrons. The zero-order chi connectivity index (χ0) is 20.2. The summed E-state index contributed by atoms with van der Waals surface area (Å²) in [5, 5.41) is 11.7. The summed E-state index contributed by atoms with van der Waals surface area (Å²) in [5.74, 6) is -1.14. The van der Waals surface area contributed by atoms with Crippen molar-refractivity contribution in [1.82, 2.24) is 0 Å². The lowest BCUT2D eigenvalue weighted by molar-refractivity contribution is -0.442. The highest BCUT2D eigenvalue weighted by molar-refractivity contribution is 8.02. The van der Waals surface area contributed by atoms with Crippen molar-refractivity contribution in [1.29, 1.82) is 0 Å². The van der Waals surface area contributed by atoms with Crippen molar-refractivity contribution in [3.63, 3.8) is 0 Å². The van der Waals surface area contributed by atoms with E-state index >= 15 is 0 Å². The van der Waals surface area contributed by atoms with Crippen LogP contribution in [0.2, 0.25) is 0 Å². The first-order chi connectivity index (χ1) is 13.4. The molecule has 28 heavy (non-hydrogen) atoms. The molecule has 0 spiro atoms. The standard InChI is InChI=1S/C24H25NO2S/c1-23(2,21(25)22(26)27)28-24(18-12-6-3-7-13-18,19-14-8-4-9-15-19)20-16-10-5-11-17-20/h3-17,21H,25H2,1-2H3,(H,26,27)/t21-/m1/s1. The molecule has 0 amide bonds. The maximum absolute atomic E-state index is 11.7. The third-order valence-corrected chi connectivity index (χ3v) is 6.90. The lowest BCUT2D eigenvalue weighted by Crippen LogP contribution is -2.75. The summed E-state index contributed by atoms with van der Waals surface area (Å²) in [7, 11) is 0. The monoisotopic (exact) mass is 391 g/mol. The average molecular weight is 392 g/mol. The van der Waals surface area contributed by atoms with Gasteiger partial charge >= 0.3 is 0 Å². The summed E-state index contributed by atoms with van der Waals surface area (Å²) in [6.07, 6.45) is 0. The number of hydrogen-bond donors (Lipinski definition) is 1. The van der Waals surface area contributed by atoms with Gasteiger partial charge in [0.05, 0.1) is 9.49 Å². The molecule has 0 unspecified atom stereocenters. The maximum atomic E-state index is 11.7. The number of thioether (sulfide) groups is 1. The van der Waals surface area contributed by atoms with E-state index in [-0.39, 0.29) is 0 Å². The summed E-state index contributed by atoms with van der Waals surface area (Å²) in [4.78, 5) is 11.7. The highest BCUT2D eigenvalue weighted by atomic mass is 32.2. The van der Waals surface area contributed by atoms with E-state index in [1.807, 2.05) is 68.4 Å². The molecule has 1 atom stereocenters. The van der Waals surface area contributed by atoms with Crippen LogP contribution in [0.4, 0.5) is 0 Å². The summed E-state index contributed by atoms with van der Waals surface area (Å²) in [6, 6.07) is 29.8. The molecule has 0 bridgehead atoms. The number of rotatable bonds is 7. The minimum Gasteiger partial charge on any atom is -0.544 e. The van der Waals surface area contributed by atoms with E-state index in [1.165, 1.54) is 0 Å². The number of quaternary nitrogens is 1. The molecule has 3 N–H and O–H groups in total. The van der Waals surface area contributed by atoms with Gasteiger partial charge < -0.3 is 15.6 Å². The van der Waals surface area contributed by atoms with Gasteiger partial charge in [0.2, 0.25) is 0 Å². The second-order valence-electron chi connectivity index (χ2n) is 7.36. The van der Waals surface area contributed by atoms with Crippen LogP contribution in [-0.2, 0) is 9.54 Å². The van der Waals surface area contributed by atoms with E-state index in [0.717, 1.165) is 16.7 Å². The van der Waals surface area contributed by atoms with Crippen LogP contribution in [0.25, 0.3) is 0 Å². The third-order valence-electron chi connectivity index (χ3n) is 5.08. The van der Waals surface area contributed by atoms with Gasteiger partial charge in [0, 0.05) is 0 Å². The Balaban J connectivity index is 2.30. The second-order valence-corrected chi connectivity index (χ2v) is 9.23. The first kappa shape index (κ1) is 20.2. The van der Waals surface area contributed by atoms with Gasteiger partial charge in [0.15, 0.2) is 0 Å². The summed E-state index contributed by atoms with van der Waals surface area (Å²) in [6.45, 7) is 3.85. The van der Waals surface area contributed by atoms with Gasteiger partial charge in [-0.3, -0.25) is 0 Å². The van der Waals surface area contributed by atoms with Gasteiger partial charge in [-0.25, -0.2) is 0 Å². The lowest BCUT2D eigenvalue weighted by atomic mass is 9.84. The lowest BCUT2D eigenvalue weighted by Gasteiger charge is -2.42. The zero-order valence-corrected chi connectivity index (χ0v) is 17.0. The largest absolute Gasteiger partial charge is 0.544 e. The van der Waals surface area contributed by atoms with Gasteiger partial charge in [-0.2, -0.15) is 0 Å².